The van der Waals surface area contributed by atoms with E-state index in [0.717, 1.165) is 17.0 Å². The maximum absolute atomic E-state index is 12.3. The quantitative estimate of drug-likeness (QED) is 0.544. The summed E-state index contributed by atoms with van der Waals surface area (Å²) in [6.45, 7) is 5.69. The van der Waals surface area contributed by atoms with Crippen LogP contribution in [0, 0.1) is 20.8 Å². The molecule has 0 atom stereocenters. The minimum absolute atomic E-state index is 0.0954. The lowest BCUT2D eigenvalue weighted by molar-refractivity contribution is -0.131. The third kappa shape index (κ3) is 5.84. The van der Waals surface area contributed by atoms with Gasteiger partial charge >= 0.3 is 0 Å². The van der Waals surface area contributed by atoms with E-state index in [9.17, 15) is 9.59 Å². The topological polar surface area (TPSA) is 84.4 Å². The third-order valence-corrected chi connectivity index (χ3v) is 5.25. The van der Waals surface area contributed by atoms with Gasteiger partial charge in [-0.3, -0.25) is 9.59 Å². The van der Waals surface area contributed by atoms with Crippen molar-refractivity contribution in [3.05, 3.63) is 40.2 Å². The molecule has 0 aliphatic rings. The van der Waals surface area contributed by atoms with E-state index in [0.29, 0.717) is 21.6 Å². The van der Waals surface area contributed by atoms with Crippen LogP contribution in [0.3, 0.4) is 0 Å². The zero-order valence-electron chi connectivity index (χ0n) is 16.5. The van der Waals surface area contributed by atoms with Gasteiger partial charge in [0, 0.05) is 23.5 Å². The van der Waals surface area contributed by atoms with Crippen molar-refractivity contribution in [3.63, 3.8) is 0 Å². The lowest BCUT2D eigenvalue weighted by Crippen LogP contribution is -2.36. The van der Waals surface area contributed by atoms with E-state index in [1.54, 1.807) is 25.2 Å². The Hall–Kier alpha value is -2.32. The first kappa shape index (κ1) is 22.0. The molecule has 28 heavy (non-hydrogen) atoms. The summed E-state index contributed by atoms with van der Waals surface area (Å²) in [6.07, 6.45) is 0. The van der Waals surface area contributed by atoms with Gasteiger partial charge in [0.1, 0.15) is 5.75 Å². The number of carbonyl (C=O) groups is 2. The molecule has 1 N–H and O–H groups in total. The van der Waals surface area contributed by atoms with Gasteiger partial charge in [-0.1, -0.05) is 23.4 Å². The Labute approximate surface area is 173 Å². The smallest absolute Gasteiger partial charge is 0.244 e. The number of ether oxygens (including phenoxy) is 1. The van der Waals surface area contributed by atoms with E-state index in [4.69, 9.17) is 16.3 Å². The third-order valence-electron chi connectivity index (χ3n) is 4.18. The van der Waals surface area contributed by atoms with Crippen molar-refractivity contribution in [1.82, 2.24) is 14.9 Å². The molecule has 0 aliphatic heterocycles. The summed E-state index contributed by atoms with van der Waals surface area (Å²) in [5, 5.41) is 3.73. The van der Waals surface area contributed by atoms with Crippen molar-refractivity contribution in [3.8, 4) is 5.75 Å². The second-order valence-electron chi connectivity index (χ2n) is 6.23. The van der Waals surface area contributed by atoms with Crippen molar-refractivity contribution in [2.75, 3.05) is 31.8 Å². The zero-order valence-corrected chi connectivity index (χ0v) is 18.1. The molecule has 9 heteroatoms. The number of amides is 2. The summed E-state index contributed by atoms with van der Waals surface area (Å²) in [5.74, 6) is 0.0913. The maximum atomic E-state index is 12.3. The summed E-state index contributed by atoms with van der Waals surface area (Å²) >= 11 is 7.21. The highest BCUT2D eigenvalue weighted by atomic mass is 35.5. The largest absolute Gasteiger partial charge is 0.495 e. The van der Waals surface area contributed by atoms with E-state index in [2.05, 4.69) is 15.3 Å². The molecule has 1 heterocycles. The zero-order chi connectivity index (χ0) is 20.8. The fraction of sp³-hybridized carbons (Fsp3) is 0.368. The molecular weight excluding hydrogens is 400 g/mol. The Bertz CT molecular complexity index is 868. The number of rotatable bonds is 7. The number of aromatic nitrogens is 2. The van der Waals surface area contributed by atoms with E-state index < -0.39 is 0 Å². The van der Waals surface area contributed by atoms with E-state index in [1.807, 2.05) is 20.8 Å². The molecule has 0 radical (unpaired) electrons. The van der Waals surface area contributed by atoms with Crippen LogP contribution < -0.4 is 10.1 Å². The molecule has 0 saturated heterocycles. The van der Waals surface area contributed by atoms with Crippen molar-refractivity contribution < 1.29 is 14.3 Å². The highest BCUT2D eigenvalue weighted by Gasteiger charge is 2.16. The predicted molar refractivity (Wildman–Crippen MR) is 111 cm³/mol. The highest BCUT2D eigenvalue weighted by molar-refractivity contribution is 7.99. The summed E-state index contributed by atoms with van der Waals surface area (Å²) in [5.41, 5.74) is 3.28. The molecule has 0 unspecified atom stereocenters. The minimum atomic E-state index is -0.348. The van der Waals surface area contributed by atoms with Crippen LogP contribution in [-0.2, 0) is 9.59 Å². The van der Waals surface area contributed by atoms with E-state index in [1.165, 1.54) is 23.8 Å². The number of hydrogen-bond acceptors (Lipinski definition) is 6. The van der Waals surface area contributed by atoms with Gasteiger partial charge in [-0.25, -0.2) is 9.97 Å². The number of nitrogens with zero attached hydrogens (tertiary/aromatic N) is 3. The summed E-state index contributed by atoms with van der Waals surface area (Å²) < 4.78 is 5.20. The molecule has 2 rings (SSSR count). The lowest BCUT2D eigenvalue weighted by Gasteiger charge is -2.17. The highest BCUT2D eigenvalue weighted by Crippen LogP contribution is 2.27. The number of anilines is 1. The molecule has 0 fully saturated rings. The second-order valence-corrected chi connectivity index (χ2v) is 7.61. The molecular formula is C19H23ClN4O3S. The number of thioether (sulfide) groups is 1. The van der Waals surface area contributed by atoms with Crippen molar-refractivity contribution in [1.29, 1.82) is 0 Å². The SMILES string of the molecule is COc1ccc(Cl)cc1NC(=O)CN(C)C(=O)CSc1nc(C)c(C)c(C)n1. The molecule has 7 nitrogen and oxygen atoms in total. The average molecular weight is 423 g/mol. The first-order valence-corrected chi connectivity index (χ1v) is 9.89. The fourth-order valence-corrected chi connectivity index (χ4v) is 3.36. The second kappa shape index (κ2) is 9.75. The minimum Gasteiger partial charge on any atom is -0.495 e. The number of halogens is 1. The fourth-order valence-electron chi connectivity index (χ4n) is 2.31. The first-order valence-electron chi connectivity index (χ1n) is 8.53. The molecule has 2 aromatic rings. The van der Waals surface area contributed by atoms with Crippen LogP contribution in [-0.4, -0.2) is 53.1 Å². The van der Waals surface area contributed by atoms with E-state index >= 15 is 0 Å². The van der Waals surface area contributed by atoms with Gasteiger partial charge in [-0.15, -0.1) is 0 Å². The van der Waals surface area contributed by atoms with Crippen LogP contribution in [0.1, 0.15) is 17.0 Å². The Morgan fingerprint density at radius 3 is 2.46 bits per heavy atom. The van der Waals surface area contributed by atoms with Gasteiger partial charge in [0.05, 0.1) is 25.1 Å². The summed E-state index contributed by atoms with van der Waals surface area (Å²) in [7, 11) is 3.08. The molecule has 1 aromatic carbocycles. The molecule has 2 amide bonds. The summed E-state index contributed by atoms with van der Waals surface area (Å²) in [4.78, 5) is 34.7. The van der Waals surface area contributed by atoms with Crippen LogP contribution in [0.2, 0.25) is 5.02 Å². The van der Waals surface area contributed by atoms with Gasteiger partial charge in [0.25, 0.3) is 0 Å². The monoisotopic (exact) mass is 422 g/mol. The Morgan fingerprint density at radius 1 is 1.21 bits per heavy atom. The van der Waals surface area contributed by atoms with E-state index in [-0.39, 0.29) is 24.1 Å². The van der Waals surface area contributed by atoms with Crippen molar-refractivity contribution in [2.24, 2.45) is 0 Å². The normalized spacial score (nSPS) is 10.5. The molecule has 0 spiro atoms. The van der Waals surface area contributed by atoms with Gasteiger partial charge in [-0.2, -0.15) is 0 Å². The molecule has 0 saturated carbocycles. The average Bonchev–Trinajstić information content (AvgIpc) is 2.64. The number of likely N-dealkylation sites (N-methyl/N-ethyl adjacent to an activating group) is 1. The Morgan fingerprint density at radius 2 is 1.86 bits per heavy atom. The van der Waals surface area contributed by atoms with Gasteiger partial charge < -0.3 is 15.0 Å². The number of hydrogen-bond donors (Lipinski definition) is 1. The van der Waals surface area contributed by atoms with Gasteiger partial charge in [0.15, 0.2) is 5.16 Å². The standard InChI is InChI=1S/C19H23ClN4O3S/c1-11-12(2)21-19(22-13(11)3)28-10-18(26)24(4)9-17(25)23-15-8-14(20)6-7-16(15)27-5/h6-8H,9-10H2,1-5H3,(H,23,25). The number of aryl methyl sites for hydroxylation is 2. The van der Waals surface area contributed by atoms with Crippen LogP contribution >= 0.6 is 23.4 Å². The molecule has 1 aromatic heterocycles. The number of nitrogens with one attached hydrogen (secondary N) is 1. The number of methoxy groups -OCH3 is 1. The number of carbonyl (C=O) groups excluding carboxylic acids is 2. The van der Waals surface area contributed by atoms with Crippen LogP contribution in [0.25, 0.3) is 0 Å². The number of benzene rings is 1. The molecule has 150 valence electrons. The first-order chi connectivity index (χ1) is 13.2. The Kier molecular flexibility index (Phi) is 7.65. The molecule has 0 aliphatic carbocycles. The predicted octanol–water partition coefficient (Wildman–Crippen LogP) is 3.25. The Balaban J connectivity index is 1.91. The van der Waals surface area contributed by atoms with Crippen molar-refractivity contribution >= 4 is 40.9 Å². The molecule has 0 bridgehead atoms. The van der Waals surface area contributed by atoms with Crippen LogP contribution in [0.15, 0.2) is 23.4 Å². The van der Waals surface area contributed by atoms with Gasteiger partial charge in [-0.05, 0) is 44.5 Å². The van der Waals surface area contributed by atoms with Crippen molar-refractivity contribution in [2.45, 2.75) is 25.9 Å². The van der Waals surface area contributed by atoms with Crippen LogP contribution in [0.4, 0.5) is 5.69 Å². The maximum Gasteiger partial charge on any atom is 0.244 e. The van der Waals surface area contributed by atoms with Gasteiger partial charge in [0.2, 0.25) is 11.8 Å². The summed E-state index contributed by atoms with van der Waals surface area (Å²) in [6, 6.07) is 4.92. The van der Waals surface area contributed by atoms with Crippen LogP contribution in [0.5, 0.6) is 5.75 Å². The lowest BCUT2D eigenvalue weighted by atomic mass is 10.2.